The number of piperazine rings is 1. The molecule has 1 N–H and O–H groups in total. The third-order valence-electron chi connectivity index (χ3n) is 5.17. The molecule has 31 heavy (non-hydrogen) atoms. The van der Waals surface area contributed by atoms with E-state index in [0.29, 0.717) is 24.3 Å². The highest BCUT2D eigenvalue weighted by molar-refractivity contribution is 5.92. The summed E-state index contributed by atoms with van der Waals surface area (Å²) >= 11 is 0. The highest BCUT2D eigenvalue weighted by Crippen LogP contribution is 2.39. The fraction of sp³-hybridized carbons (Fsp3) is 0.381. The van der Waals surface area contributed by atoms with E-state index in [1.807, 2.05) is 18.7 Å². The highest BCUT2D eigenvalue weighted by Gasteiger charge is 2.35. The van der Waals surface area contributed by atoms with Gasteiger partial charge in [0.2, 0.25) is 0 Å². The second-order valence-corrected chi connectivity index (χ2v) is 7.63. The van der Waals surface area contributed by atoms with Crippen LogP contribution < -0.4 is 15.0 Å². The molecule has 1 aromatic carbocycles. The second-order valence-electron chi connectivity index (χ2n) is 7.63. The Morgan fingerprint density at radius 2 is 1.77 bits per heavy atom. The van der Waals surface area contributed by atoms with Gasteiger partial charge in [0.15, 0.2) is 5.82 Å². The number of pyridine rings is 1. The molecule has 0 spiro atoms. The maximum absolute atomic E-state index is 15.5. The Balaban J connectivity index is 1.92. The lowest BCUT2D eigenvalue weighted by atomic mass is 10.0. The molecular formula is C21H21F4N5O. The summed E-state index contributed by atoms with van der Waals surface area (Å²) in [6, 6.07) is 5.01. The van der Waals surface area contributed by atoms with Gasteiger partial charge in [0.05, 0.1) is 18.1 Å². The monoisotopic (exact) mass is 435 g/mol. The molecule has 3 heterocycles. The van der Waals surface area contributed by atoms with Crippen molar-refractivity contribution in [2.24, 2.45) is 0 Å². The zero-order chi connectivity index (χ0) is 22.3. The van der Waals surface area contributed by atoms with Crippen LogP contribution in [0, 0.1) is 5.82 Å². The Bertz CT molecular complexity index is 1110. The third-order valence-corrected chi connectivity index (χ3v) is 5.17. The minimum Gasteiger partial charge on any atom is -0.467 e. The smallest absolute Gasteiger partial charge is 0.417 e. The molecule has 2 aromatic heterocycles. The first-order valence-corrected chi connectivity index (χ1v) is 9.77. The summed E-state index contributed by atoms with van der Waals surface area (Å²) in [6.07, 6.45) is -3.33. The molecule has 1 saturated heterocycles. The van der Waals surface area contributed by atoms with Crippen molar-refractivity contribution in [1.29, 1.82) is 0 Å². The Labute approximate surface area is 176 Å². The van der Waals surface area contributed by atoms with Crippen molar-refractivity contribution in [3.05, 3.63) is 41.8 Å². The van der Waals surface area contributed by atoms with Crippen LogP contribution in [0.15, 0.2) is 30.5 Å². The van der Waals surface area contributed by atoms with Crippen molar-refractivity contribution in [2.45, 2.75) is 32.1 Å². The molecule has 0 saturated carbocycles. The van der Waals surface area contributed by atoms with E-state index in [2.05, 4.69) is 20.3 Å². The second kappa shape index (κ2) is 7.92. The number of alkyl halides is 3. The molecule has 1 aliphatic heterocycles. The summed E-state index contributed by atoms with van der Waals surface area (Å²) in [5, 5.41) is 3.72. The average molecular weight is 435 g/mol. The lowest BCUT2D eigenvalue weighted by molar-refractivity contribution is -0.137. The molecule has 0 bridgehead atoms. The van der Waals surface area contributed by atoms with Gasteiger partial charge in [-0.15, -0.1) is 0 Å². The first-order chi connectivity index (χ1) is 14.7. The van der Waals surface area contributed by atoms with Crippen molar-refractivity contribution in [2.75, 3.05) is 25.1 Å². The fourth-order valence-electron chi connectivity index (χ4n) is 3.98. The first-order valence-electron chi connectivity index (χ1n) is 9.77. The largest absolute Gasteiger partial charge is 0.467 e. The molecule has 0 aliphatic carbocycles. The highest BCUT2D eigenvalue weighted by atomic mass is 19.4. The number of hydrogen-bond acceptors (Lipinski definition) is 6. The number of ether oxygens (including phenoxy) is 1. The van der Waals surface area contributed by atoms with Crippen LogP contribution in [0.5, 0.6) is 6.01 Å². The van der Waals surface area contributed by atoms with E-state index in [1.165, 1.54) is 31.5 Å². The van der Waals surface area contributed by atoms with E-state index in [4.69, 9.17) is 4.74 Å². The summed E-state index contributed by atoms with van der Waals surface area (Å²) in [5.41, 5.74) is -1.87. The summed E-state index contributed by atoms with van der Waals surface area (Å²) in [7, 11) is 1.35. The molecule has 4 rings (SSSR count). The van der Waals surface area contributed by atoms with Crippen molar-refractivity contribution in [3.8, 4) is 17.3 Å². The zero-order valence-electron chi connectivity index (χ0n) is 17.2. The number of aromatic nitrogens is 3. The summed E-state index contributed by atoms with van der Waals surface area (Å²) < 4.78 is 61.1. The van der Waals surface area contributed by atoms with Crippen LogP contribution in [0.25, 0.3) is 22.2 Å². The molecule has 164 valence electrons. The number of halogens is 4. The lowest BCUT2D eigenvalue weighted by Gasteiger charge is -2.37. The Kier molecular flexibility index (Phi) is 5.42. The normalized spacial score (nSPS) is 19.6. The predicted octanol–water partition coefficient (Wildman–Crippen LogP) is 4.04. The van der Waals surface area contributed by atoms with Gasteiger partial charge in [-0.3, -0.25) is 4.98 Å². The van der Waals surface area contributed by atoms with E-state index < -0.39 is 23.3 Å². The number of methoxy groups -OCH3 is 1. The van der Waals surface area contributed by atoms with Crippen LogP contribution >= 0.6 is 0 Å². The minimum absolute atomic E-state index is 0.0681. The van der Waals surface area contributed by atoms with Crippen molar-refractivity contribution < 1.29 is 22.3 Å². The molecule has 1 fully saturated rings. The number of nitrogens with one attached hydrogen (secondary N) is 1. The quantitative estimate of drug-likeness (QED) is 0.627. The minimum atomic E-state index is -4.65. The molecule has 2 atom stereocenters. The van der Waals surface area contributed by atoms with Gasteiger partial charge in [-0.2, -0.15) is 23.1 Å². The fourth-order valence-corrected chi connectivity index (χ4v) is 3.98. The van der Waals surface area contributed by atoms with Gasteiger partial charge in [0, 0.05) is 36.9 Å². The van der Waals surface area contributed by atoms with Crippen LogP contribution in [-0.2, 0) is 6.18 Å². The Morgan fingerprint density at radius 1 is 1.10 bits per heavy atom. The van der Waals surface area contributed by atoms with E-state index in [1.54, 1.807) is 0 Å². The molecule has 10 heteroatoms. The Hall–Kier alpha value is -3.01. The molecule has 2 unspecified atom stereocenters. The summed E-state index contributed by atoms with van der Waals surface area (Å²) in [4.78, 5) is 14.5. The van der Waals surface area contributed by atoms with Gasteiger partial charge in [-0.25, -0.2) is 4.39 Å². The zero-order valence-corrected chi connectivity index (χ0v) is 17.2. The molecule has 0 radical (unpaired) electrons. The maximum atomic E-state index is 15.5. The average Bonchev–Trinajstić information content (AvgIpc) is 2.72. The predicted molar refractivity (Wildman–Crippen MR) is 109 cm³/mol. The molecule has 3 aromatic rings. The van der Waals surface area contributed by atoms with Gasteiger partial charge in [-0.05, 0) is 19.9 Å². The molecular weight excluding hydrogens is 414 g/mol. The number of rotatable bonds is 3. The van der Waals surface area contributed by atoms with Crippen LogP contribution in [0.3, 0.4) is 0 Å². The third kappa shape index (κ3) is 3.99. The SMILES string of the molecule is COc1nc(N2CC(C)NC(C)C2)c2cnc(-c3ccccc3C(F)(F)F)c(F)c2n1. The topological polar surface area (TPSA) is 63.2 Å². The van der Waals surface area contributed by atoms with Crippen LogP contribution in [-0.4, -0.2) is 47.2 Å². The molecule has 0 amide bonds. The van der Waals surface area contributed by atoms with E-state index in [9.17, 15) is 13.2 Å². The van der Waals surface area contributed by atoms with E-state index in [-0.39, 0.29) is 29.2 Å². The van der Waals surface area contributed by atoms with E-state index in [0.717, 1.165) is 6.07 Å². The first kappa shape index (κ1) is 21.2. The standard InChI is InChI=1S/C21H21F4N5O/c1-11-9-30(10-12(2)27-11)19-14-8-26-17(16(22)18(14)28-20(29-19)31-3)13-6-4-5-7-15(13)21(23,24)25/h4-8,11-12,27H,9-10H2,1-3H3. The van der Waals surface area contributed by atoms with Crippen LogP contribution in [0.4, 0.5) is 23.4 Å². The number of benzene rings is 1. The van der Waals surface area contributed by atoms with Gasteiger partial charge in [0.1, 0.15) is 17.0 Å². The molecule has 1 aliphatic rings. The van der Waals surface area contributed by atoms with Gasteiger partial charge in [-0.1, -0.05) is 18.2 Å². The van der Waals surface area contributed by atoms with Crippen molar-refractivity contribution >= 4 is 16.7 Å². The van der Waals surface area contributed by atoms with Gasteiger partial charge >= 0.3 is 12.2 Å². The van der Waals surface area contributed by atoms with Gasteiger partial charge in [0.25, 0.3) is 0 Å². The number of nitrogens with zero attached hydrogens (tertiary/aromatic N) is 4. The van der Waals surface area contributed by atoms with Crippen LogP contribution in [0.1, 0.15) is 19.4 Å². The number of anilines is 1. The van der Waals surface area contributed by atoms with Crippen LogP contribution in [0.2, 0.25) is 0 Å². The van der Waals surface area contributed by atoms with Gasteiger partial charge < -0.3 is 15.0 Å². The summed E-state index contributed by atoms with van der Waals surface area (Å²) in [6.45, 7) is 5.27. The Morgan fingerprint density at radius 3 is 2.42 bits per heavy atom. The number of fused-ring (bicyclic) bond motifs is 1. The lowest BCUT2D eigenvalue weighted by Crippen LogP contribution is -2.54. The molecule has 6 nitrogen and oxygen atoms in total. The van der Waals surface area contributed by atoms with Crippen molar-refractivity contribution in [3.63, 3.8) is 0 Å². The maximum Gasteiger partial charge on any atom is 0.417 e. The number of hydrogen-bond donors (Lipinski definition) is 1. The summed E-state index contributed by atoms with van der Waals surface area (Å²) in [5.74, 6) is -0.517. The van der Waals surface area contributed by atoms with Crippen molar-refractivity contribution in [1.82, 2.24) is 20.3 Å². The van der Waals surface area contributed by atoms with E-state index >= 15 is 4.39 Å².